The van der Waals surface area contributed by atoms with Crippen LogP contribution in [0.15, 0.2) is 54.6 Å². The third-order valence-electron chi connectivity index (χ3n) is 6.55. The van der Waals surface area contributed by atoms with E-state index in [4.69, 9.17) is 11.6 Å². The van der Waals surface area contributed by atoms with Gasteiger partial charge in [-0.3, -0.25) is 9.69 Å². The summed E-state index contributed by atoms with van der Waals surface area (Å²) in [5.41, 5.74) is 2.71. The highest BCUT2D eigenvalue weighted by atomic mass is 35.5. The molecule has 0 N–H and O–H groups in total. The molecule has 2 aliphatic heterocycles. The molecule has 0 bridgehead atoms. The quantitative estimate of drug-likeness (QED) is 0.689. The van der Waals surface area contributed by atoms with Gasteiger partial charge in [0.05, 0.1) is 0 Å². The van der Waals surface area contributed by atoms with E-state index < -0.39 is 0 Å². The molecule has 2 saturated heterocycles. The lowest BCUT2D eigenvalue weighted by Gasteiger charge is -2.37. The number of nitrogens with zero attached hydrogens (tertiary/aromatic N) is 2. The van der Waals surface area contributed by atoms with Crippen LogP contribution in [0.2, 0.25) is 5.02 Å². The van der Waals surface area contributed by atoms with Crippen LogP contribution in [-0.4, -0.2) is 41.9 Å². The van der Waals surface area contributed by atoms with Gasteiger partial charge in [0.15, 0.2) is 0 Å². The Morgan fingerprint density at radius 1 is 0.828 bits per heavy atom. The standard InChI is InChI=1S/C25H31ClN2O/c26-24-8-6-22(7-9-24)19-27-14-12-23(13-15-27)25(29)28-16-10-21(11-17-28)18-20-4-2-1-3-5-20/h1-9,21,23H,10-19H2. The number of piperidine rings is 2. The zero-order chi connectivity index (χ0) is 20.1. The molecule has 4 rings (SSSR count). The van der Waals surface area contributed by atoms with Crippen LogP contribution >= 0.6 is 11.6 Å². The molecule has 0 unspecified atom stereocenters. The van der Waals surface area contributed by atoms with Crippen LogP contribution in [-0.2, 0) is 17.8 Å². The molecule has 0 spiro atoms. The van der Waals surface area contributed by atoms with Gasteiger partial charge < -0.3 is 4.90 Å². The molecule has 0 aliphatic carbocycles. The molecule has 29 heavy (non-hydrogen) atoms. The molecule has 3 nitrogen and oxygen atoms in total. The molecule has 0 radical (unpaired) electrons. The summed E-state index contributed by atoms with van der Waals surface area (Å²) in [6.07, 6.45) is 5.38. The monoisotopic (exact) mass is 410 g/mol. The van der Waals surface area contributed by atoms with Gasteiger partial charge in [0.1, 0.15) is 0 Å². The average molecular weight is 411 g/mol. The second-order valence-corrected chi connectivity index (χ2v) is 9.07. The zero-order valence-corrected chi connectivity index (χ0v) is 17.9. The number of carbonyl (C=O) groups is 1. The Balaban J connectivity index is 1.20. The minimum absolute atomic E-state index is 0.210. The third-order valence-corrected chi connectivity index (χ3v) is 6.80. The number of hydrogen-bond donors (Lipinski definition) is 0. The summed E-state index contributed by atoms with van der Waals surface area (Å²) in [5.74, 6) is 1.32. The summed E-state index contributed by atoms with van der Waals surface area (Å²) in [6, 6.07) is 18.8. The van der Waals surface area contributed by atoms with Crippen LogP contribution in [0.5, 0.6) is 0 Å². The fourth-order valence-electron chi connectivity index (χ4n) is 4.75. The number of benzene rings is 2. The summed E-state index contributed by atoms with van der Waals surface area (Å²) in [4.78, 5) is 17.6. The number of hydrogen-bond acceptors (Lipinski definition) is 2. The SMILES string of the molecule is O=C(C1CCN(Cc2ccc(Cl)cc2)CC1)N1CCC(Cc2ccccc2)CC1. The summed E-state index contributed by atoms with van der Waals surface area (Å²) >= 11 is 5.98. The Labute approximate surface area is 179 Å². The second kappa shape index (κ2) is 9.77. The van der Waals surface area contributed by atoms with E-state index in [2.05, 4.69) is 52.3 Å². The largest absolute Gasteiger partial charge is 0.342 e. The predicted molar refractivity (Wildman–Crippen MR) is 119 cm³/mol. The van der Waals surface area contributed by atoms with Gasteiger partial charge in [0.2, 0.25) is 5.91 Å². The van der Waals surface area contributed by atoms with Crippen LogP contribution in [0, 0.1) is 11.8 Å². The highest BCUT2D eigenvalue weighted by molar-refractivity contribution is 6.30. The van der Waals surface area contributed by atoms with E-state index in [-0.39, 0.29) is 5.92 Å². The maximum atomic E-state index is 13.0. The number of carbonyl (C=O) groups excluding carboxylic acids is 1. The van der Waals surface area contributed by atoms with Crippen molar-refractivity contribution in [2.45, 2.75) is 38.6 Å². The Kier molecular flexibility index (Phi) is 6.89. The minimum Gasteiger partial charge on any atom is -0.342 e. The first-order chi connectivity index (χ1) is 14.2. The molecule has 2 aromatic carbocycles. The topological polar surface area (TPSA) is 23.6 Å². The number of halogens is 1. The molecule has 2 fully saturated rings. The summed E-state index contributed by atoms with van der Waals surface area (Å²) in [6.45, 7) is 4.82. The zero-order valence-electron chi connectivity index (χ0n) is 17.1. The van der Waals surface area contributed by atoms with Crippen LogP contribution in [0.1, 0.15) is 36.8 Å². The highest BCUT2D eigenvalue weighted by Crippen LogP contribution is 2.26. The second-order valence-electron chi connectivity index (χ2n) is 8.64. The highest BCUT2D eigenvalue weighted by Gasteiger charge is 2.30. The Morgan fingerprint density at radius 2 is 1.48 bits per heavy atom. The van der Waals surface area contributed by atoms with E-state index in [0.717, 1.165) is 69.9 Å². The Hall–Kier alpha value is -1.84. The van der Waals surface area contributed by atoms with Crippen molar-refractivity contribution in [3.8, 4) is 0 Å². The fraction of sp³-hybridized carbons (Fsp3) is 0.480. The van der Waals surface area contributed by atoms with Gasteiger partial charge in [0.25, 0.3) is 0 Å². The summed E-state index contributed by atoms with van der Waals surface area (Å²) in [5, 5.41) is 0.783. The lowest BCUT2D eigenvalue weighted by molar-refractivity contribution is -0.138. The van der Waals surface area contributed by atoms with E-state index >= 15 is 0 Å². The van der Waals surface area contributed by atoms with Crippen LogP contribution in [0.3, 0.4) is 0 Å². The minimum atomic E-state index is 0.210. The molecular formula is C25H31ClN2O. The van der Waals surface area contributed by atoms with Crippen molar-refractivity contribution in [3.05, 3.63) is 70.7 Å². The lowest BCUT2D eigenvalue weighted by atomic mass is 9.88. The summed E-state index contributed by atoms with van der Waals surface area (Å²) < 4.78 is 0. The van der Waals surface area contributed by atoms with Crippen LogP contribution < -0.4 is 0 Å². The number of likely N-dealkylation sites (tertiary alicyclic amines) is 2. The maximum Gasteiger partial charge on any atom is 0.225 e. The van der Waals surface area contributed by atoms with E-state index in [1.165, 1.54) is 11.1 Å². The first-order valence-corrected chi connectivity index (χ1v) is 11.3. The average Bonchev–Trinajstić information content (AvgIpc) is 2.77. The maximum absolute atomic E-state index is 13.0. The van der Waals surface area contributed by atoms with Crippen LogP contribution in [0.25, 0.3) is 0 Å². The number of rotatable bonds is 5. The van der Waals surface area contributed by atoms with Crippen molar-refractivity contribution in [2.75, 3.05) is 26.2 Å². The van der Waals surface area contributed by atoms with Crippen molar-refractivity contribution in [1.29, 1.82) is 0 Å². The number of amides is 1. The molecule has 2 heterocycles. The molecule has 2 aliphatic rings. The fourth-order valence-corrected chi connectivity index (χ4v) is 4.88. The van der Waals surface area contributed by atoms with Crippen LogP contribution in [0.4, 0.5) is 0 Å². The normalized spacial score (nSPS) is 19.4. The van der Waals surface area contributed by atoms with Crippen molar-refractivity contribution in [3.63, 3.8) is 0 Å². The predicted octanol–water partition coefficient (Wildman–Crippen LogP) is 5.03. The van der Waals surface area contributed by atoms with E-state index in [1.54, 1.807) is 0 Å². The van der Waals surface area contributed by atoms with Crippen molar-refractivity contribution in [1.82, 2.24) is 9.80 Å². The van der Waals surface area contributed by atoms with E-state index in [9.17, 15) is 4.79 Å². The van der Waals surface area contributed by atoms with E-state index in [0.29, 0.717) is 11.8 Å². The van der Waals surface area contributed by atoms with Gasteiger partial charge in [-0.1, -0.05) is 54.1 Å². The van der Waals surface area contributed by atoms with Crippen molar-refractivity contribution >= 4 is 17.5 Å². The van der Waals surface area contributed by atoms with Gasteiger partial charge >= 0.3 is 0 Å². The Bertz CT molecular complexity index is 776. The summed E-state index contributed by atoms with van der Waals surface area (Å²) in [7, 11) is 0. The van der Waals surface area contributed by atoms with Gasteiger partial charge in [-0.05, 0) is 74.4 Å². The first-order valence-electron chi connectivity index (χ1n) is 11.0. The van der Waals surface area contributed by atoms with Crippen molar-refractivity contribution in [2.24, 2.45) is 11.8 Å². The van der Waals surface area contributed by atoms with Gasteiger partial charge in [0, 0.05) is 30.6 Å². The van der Waals surface area contributed by atoms with Gasteiger partial charge in [-0.2, -0.15) is 0 Å². The molecule has 1 amide bonds. The molecular weight excluding hydrogens is 380 g/mol. The third kappa shape index (κ3) is 5.61. The molecule has 2 aromatic rings. The molecule has 154 valence electrons. The first kappa shape index (κ1) is 20.4. The van der Waals surface area contributed by atoms with Crippen molar-refractivity contribution < 1.29 is 4.79 Å². The lowest BCUT2D eigenvalue weighted by Crippen LogP contribution is -2.45. The van der Waals surface area contributed by atoms with Gasteiger partial charge in [-0.15, -0.1) is 0 Å². The molecule has 4 heteroatoms. The smallest absolute Gasteiger partial charge is 0.225 e. The Morgan fingerprint density at radius 3 is 2.14 bits per heavy atom. The molecule has 0 atom stereocenters. The molecule has 0 saturated carbocycles. The van der Waals surface area contributed by atoms with Gasteiger partial charge in [-0.25, -0.2) is 0 Å². The van der Waals surface area contributed by atoms with E-state index in [1.807, 2.05) is 12.1 Å². The molecule has 0 aromatic heterocycles.